The van der Waals surface area contributed by atoms with Crippen LogP contribution in [0, 0.1) is 0 Å². The van der Waals surface area contributed by atoms with Crippen molar-refractivity contribution in [2.24, 2.45) is 0 Å². The van der Waals surface area contributed by atoms with Crippen LogP contribution in [0.5, 0.6) is 5.75 Å². The third kappa shape index (κ3) is 4.48. The van der Waals surface area contributed by atoms with Crippen molar-refractivity contribution in [3.05, 3.63) is 68.5 Å². The van der Waals surface area contributed by atoms with Gasteiger partial charge in [-0.1, -0.05) is 15.9 Å². The molecular formula is C21H16BrNO6. The van der Waals surface area contributed by atoms with Crippen LogP contribution in [0.25, 0.3) is 11.0 Å². The van der Waals surface area contributed by atoms with Gasteiger partial charge in [0.25, 0.3) is 0 Å². The van der Waals surface area contributed by atoms with Gasteiger partial charge in [0.1, 0.15) is 17.9 Å². The average molecular weight is 458 g/mol. The lowest BCUT2D eigenvalue weighted by Gasteiger charge is -2.17. The quantitative estimate of drug-likeness (QED) is 0.464. The minimum absolute atomic E-state index is 0.00965. The third-order valence-electron chi connectivity index (χ3n) is 4.51. The van der Waals surface area contributed by atoms with Gasteiger partial charge in [0, 0.05) is 33.6 Å². The number of aryl methyl sites for hydroxylation is 1. The molecule has 7 nitrogen and oxygen atoms in total. The van der Waals surface area contributed by atoms with Crippen LogP contribution in [0.2, 0.25) is 0 Å². The molecule has 4 rings (SSSR count). The summed E-state index contributed by atoms with van der Waals surface area (Å²) in [5, 5.41) is 3.48. The van der Waals surface area contributed by atoms with E-state index in [0.717, 1.165) is 15.7 Å². The minimum Gasteiger partial charge on any atom is -0.482 e. The zero-order chi connectivity index (χ0) is 20.4. The normalized spacial score (nSPS) is 12.9. The highest BCUT2D eigenvalue weighted by Crippen LogP contribution is 2.27. The Morgan fingerprint density at radius 3 is 2.83 bits per heavy atom. The Balaban J connectivity index is 1.38. The molecule has 148 valence electrons. The molecule has 8 heteroatoms. The molecule has 0 unspecified atom stereocenters. The van der Waals surface area contributed by atoms with Crippen LogP contribution in [0.4, 0.5) is 5.69 Å². The van der Waals surface area contributed by atoms with Crippen LogP contribution >= 0.6 is 15.9 Å². The molecule has 1 aromatic heterocycles. The Kier molecular flexibility index (Phi) is 5.35. The number of rotatable bonds is 5. The van der Waals surface area contributed by atoms with E-state index in [0.29, 0.717) is 35.1 Å². The second kappa shape index (κ2) is 8.08. The van der Waals surface area contributed by atoms with Crippen molar-refractivity contribution in [1.29, 1.82) is 0 Å². The number of fused-ring (bicyclic) bond motifs is 2. The van der Waals surface area contributed by atoms with E-state index in [1.165, 1.54) is 6.07 Å². The minimum atomic E-state index is -0.561. The summed E-state index contributed by atoms with van der Waals surface area (Å²) in [6.07, 6.45) is 1.05. The van der Waals surface area contributed by atoms with E-state index in [2.05, 4.69) is 21.2 Å². The number of carbonyl (C=O) groups is 2. The van der Waals surface area contributed by atoms with Crippen molar-refractivity contribution in [2.45, 2.75) is 19.4 Å². The Morgan fingerprint density at radius 2 is 1.97 bits per heavy atom. The first-order valence-corrected chi connectivity index (χ1v) is 9.71. The Labute approximate surface area is 173 Å². The maximum absolute atomic E-state index is 12.1. The first-order chi connectivity index (χ1) is 14.0. The van der Waals surface area contributed by atoms with Crippen molar-refractivity contribution < 1.29 is 23.5 Å². The van der Waals surface area contributed by atoms with Crippen LogP contribution in [-0.2, 0) is 27.4 Å². The number of benzene rings is 2. The average Bonchev–Trinajstić information content (AvgIpc) is 2.69. The molecule has 0 fully saturated rings. The molecule has 0 atom stereocenters. The molecule has 0 saturated heterocycles. The summed E-state index contributed by atoms with van der Waals surface area (Å²) in [5.74, 6) is -0.0494. The Morgan fingerprint density at radius 1 is 1.10 bits per heavy atom. The van der Waals surface area contributed by atoms with Crippen molar-refractivity contribution >= 4 is 44.5 Å². The van der Waals surface area contributed by atoms with Crippen molar-refractivity contribution in [3.8, 4) is 5.75 Å². The summed E-state index contributed by atoms with van der Waals surface area (Å²) < 4.78 is 16.7. The molecular weight excluding hydrogens is 442 g/mol. The highest BCUT2D eigenvalue weighted by molar-refractivity contribution is 9.10. The van der Waals surface area contributed by atoms with Gasteiger partial charge in [-0.15, -0.1) is 0 Å². The number of esters is 1. The van der Waals surface area contributed by atoms with E-state index in [4.69, 9.17) is 13.9 Å². The van der Waals surface area contributed by atoms with Crippen molar-refractivity contribution in [2.75, 3.05) is 11.9 Å². The topological polar surface area (TPSA) is 94.8 Å². The second-order valence-corrected chi connectivity index (χ2v) is 7.46. The smallest absolute Gasteiger partial charge is 0.344 e. The molecule has 2 aromatic carbocycles. The van der Waals surface area contributed by atoms with Crippen molar-refractivity contribution in [1.82, 2.24) is 0 Å². The number of ether oxygens (including phenoxy) is 2. The van der Waals surface area contributed by atoms with Gasteiger partial charge in [-0.25, -0.2) is 9.59 Å². The molecule has 0 spiro atoms. The Hall–Kier alpha value is -3.13. The zero-order valence-electron chi connectivity index (χ0n) is 15.2. The fourth-order valence-corrected chi connectivity index (χ4v) is 3.45. The summed E-state index contributed by atoms with van der Waals surface area (Å²) in [6.45, 7) is -0.335. The molecule has 1 aliphatic heterocycles. The van der Waals surface area contributed by atoms with Gasteiger partial charge < -0.3 is 19.2 Å². The maximum atomic E-state index is 12.1. The maximum Gasteiger partial charge on any atom is 0.344 e. The molecule has 1 aliphatic rings. The molecule has 1 amide bonds. The number of carbonyl (C=O) groups excluding carboxylic acids is 2. The zero-order valence-corrected chi connectivity index (χ0v) is 16.8. The summed E-state index contributed by atoms with van der Waals surface area (Å²) in [7, 11) is 0. The standard InChI is InChI=1S/C21H16BrNO6/c22-14-2-4-16-13(8-20(25)29-18(16)9-14)10-28-21(26)11-27-15-3-5-17-12(7-15)1-6-19(24)23-17/h2-5,7-9H,1,6,10-11H2,(H,23,24). The second-order valence-electron chi connectivity index (χ2n) is 6.55. The van der Waals surface area contributed by atoms with Gasteiger partial charge in [-0.3, -0.25) is 4.79 Å². The van der Waals surface area contributed by atoms with Crippen LogP contribution in [0.15, 0.2) is 56.1 Å². The Bertz CT molecular complexity index is 1170. The highest BCUT2D eigenvalue weighted by atomic mass is 79.9. The van der Waals surface area contributed by atoms with Gasteiger partial charge in [0.15, 0.2) is 6.61 Å². The lowest BCUT2D eigenvalue weighted by Crippen LogP contribution is -2.19. The van der Waals surface area contributed by atoms with Gasteiger partial charge >= 0.3 is 11.6 Å². The molecule has 0 radical (unpaired) electrons. The van der Waals surface area contributed by atoms with Crippen LogP contribution in [0.1, 0.15) is 17.5 Å². The fraction of sp³-hybridized carbons (Fsp3) is 0.190. The van der Waals surface area contributed by atoms with E-state index in [1.807, 2.05) is 6.07 Å². The van der Waals surface area contributed by atoms with E-state index < -0.39 is 11.6 Å². The number of anilines is 1. The van der Waals surface area contributed by atoms with Crippen molar-refractivity contribution in [3.63, 3.8) is 0 Å². The molecule has 0 aliphatic carbocycles. The number of hydrogen-bond acceptors (Lipinski definition) is 6. The van der Waals surface area contributed by atoms with Gasteiger partial charge in [0.2, 0.25) is 5.91 Å². The number of halogens is 1. The summed E-state index contributed by atoms with van der Waals surface area (Å²) in [4.78, 5) is 35.2. The fourth-order valence-electron chi connectivity index (χ4n) is 3.11. The SMILES string of the molecule is O=C1CCc2cc(OCC(=O)OCc3cc(=O)oc4cc(Br)ccc34)ccc2N1. The van der Waals surface area contributed by atoms with Crippen LogP contribution < -0.4 is 15.7 Å². The molecule has 2 heterocycles. The summed E-state index contributed by atoms with van der Waals surface area (Å²) in [6, 6.07) is 11.8. The predicted molar refractivity (Wildman–Crippen MR) is 109 cm³/mol. The van der Waals surface area contributed by atoms with Gasteiger partial charge in [-0.05, 0) is 48.4 Å². The molecule has 0 saturated carbocycles. The molecule has 29 heavy (non-hydrogen) atoms. The van der Waals surface area contributed by atoms with E-state index in [-0.39, 0.29) is 19.1 Å². The molecule has 0 bridgehead atoms. The van der Waals surface area contributed by atoms with Gasteiger partial charge in [0.05, 0.1) is 0 Å². The first-order valence-electron chi connectivity index (χ1n) is 8.91. The predicted octanol–water partition coefficient (Wildman–Crippen LogP) is 3.56. The number of amides is 1. The van der Waals surface area contributed by atoms with E-state index in [1.54, 1.807) is 30.3 Å². The van der Waals surface area contributed by atoms with Crippen LogP contribution in [-0.4, -0.2) is 18.5 Å². The largest absolute Gasteiger partial charge is 0.482 e. The summed E-state index contributed by atoms with van der Waals surface area (Å²) in [5.41, 5.74) is 2.18. The van der Waals surface area contributed by atoms with Crippen LogP contribution in [0.3, 0.4) is 0 Å². The first kappa shape index (κ1) is 19.2. The van der Waals surface area contributed by atoms with E-state index >= 15 is 0 Å². The number of hydrogen-bond donors (Lipinski definition) is 1. The monoisotopic (exact) mass is 457 g/mol. The number of nitrogens with one attached hydrogen (secondary N) is 1. The third-order valence-corrected chi connectivity index (χ3v) is 5.00. The highest BCUT2D eigenvalue weighted by Gasteiger charge is 2.16. The lowest BCUT2D eigenvalue weighted by molar-refractivity contribution is -0.147. The van der Waals surface area contributed by atoms with E-state index in [9.17, 15) is 14.4 Å². The van der Waals surface area contributed by atoms with Gasteiger partial charge in [-0.2, -0.15) is 0 Å². The molecule has 1 N–H and O–H groups in total. The summed E-state index contributed by atoms with van der Waals surface area (Å²) >= 11 is 3.33. The lowest BCUT2D eigenvalue weighted by atomic mass is 10.0. The molecule has 3 aromatic rings.